The third-order valence-corrected chi connectivity index (χ3v) is 3.24. The van der Waals surface area contributed by atoms with Gasteiger partial charge in [-0.15, -0.1) is 0 Å². The molecule has 0 saturated heterocycles. The van der Waals surface area contributed by atoms with E-state index in [0.717, 1.165) is 5.56 Å². The summed E-state index contributed by atoms with van der Waals surface area (Å²) in [6, 6.07) is 16.9. The molecule has 0 aliphatic heterocycles. The number of methoxy groups -OCH3 is 1. The van der Waals surface area contributed by atoms with Crippen LogP contribution in [0.3, 0.4) is 0 Å². The number of ether oxygens (including phenoxy) is 1. The summed E-state index contributed by atoms with van der Waals surface area (Å²) in [4.78, 5) is 0. The summed E-state index contributed by atoms with van der Waals surface area (Å²) < 4.78 is 5.40. The van der Waals surface area contributed by atoms with Crippen molar-refractivity contribution in [2.45, 2.75) is 12.2 Å². The Labute approximate surface area is 112 Å². The molecule has 3 heteroatoms. The molecule has 2 atom stereocenters. The Hall–Kier alpha value is -1.35. The predicted molar refractivity (Wildman–Crippen MR) is 72.6 cm³/mol. The van der Waals surface area contributed by atoms with Crippen LogP contribution >= 0.6 is 11.6 Å². The van der Waals surface area contributed by atoms with Crippen LogP contribution in [0.25, 0.3) is 0 Å². The average molecular weight is 263 g/mol. The van der Waals surface area contributed by atoms with Crippen molar-refractivity contribution >= 4 is 11.6 Å². The van der Waals surface area contributed by atoms with Crippen LogP contribution in [-0.2, 0) is 4.74 Å². The van der Waals surface area contributed by atoms with E-state index in [2.05, 4.69) is 0 Å². The van der Waals surface area contributed by atoms with Crippen LogP contribution in [0.5, 0.6) is 0 Å². The Morgan fingerprint density at radius 3 is 2.22 bits per heavy atom. The van der Waals surface area contributed by atoms with Crippen molar-refractivity contribution in [3.63, 3.8) is 0 Å². The number of hydrogen-bond donors (Lipinski definition) is 1. The Morgan fingerprint density at radius 2 is 1.61 bits per heavy atom. The lowest BCUT2D eigenvalue weighted by atomic mass is 9.98. The molecule has 2 nitrogen and oxygen atoms in total. The first-order chi connectivity index (χ1) is 8.74. The van der Waals surface area contributed by atoms with Crippen LogP contribution in [0, 0.1) is 0 Å². The third kappa shape index (κ3) is 2.72. The van der Waals surface area contributed by atoms with Crippen LogP contribution in [0.1, 0.15) is 23.3 Å². The summed E-state index contributed by atoms with van der Waals surface area (Å²) in [6.07, 6.45) is -1.21. The SMILES string of the molecule is COC(c1ccccc1)C(O)c1ccccc1Cl. The summed E-state index contributed by atoms with van der Waals surface area (Å²) in [5, 5.41) is 10.9. The maximum atomic E-state index is 10.4. The first kappa shape index (κ1) is 13.1. The Balaban J connectivity index is 2.32. The Morgan fingerprint density at radius 1 is 1.00 bits per heavy atom. The number of hydrogen-bond acceptors (Lipinski definition) is 2. The highest BCUT2D eigenvalue weighted by atomic mass is 35.5. The molecule has 94 valence electrons. The van der Waals surface area contributed by atoms with E-state index in [1.165, 1.54) is 0 Å². The number of rotatable bonds is 4. The minimum Gasteiger partial charge on any atom is -0.385 e. The highest BCUT2D eigenvalue weighted by Gasteiger charge is 2.23. The molecule has 0 aromatic heterocycles. The van der Waals surface area contributed by atoms with E-state index in [-0.39, 0.29) is 0 Å². The molecule has 0 heterocycles. The van der Waals surface area contributed by atoms with Gasteiger partial charge in [0.1, 0.15) is 12.2 Å². The molecule has 2 aromatic carbocycles. The fourth-order valence-corrected chi connectivity index (χ4v) is 2.22. The summed E-state index contributed by atoms with van der Waals surface area (Å²) in [6.45, 7) is 0. The molecular formula is C15H15ClO2. The summed E-state index contributed by atoms with van der Waals surface area (Å²) in [5.74, 6) is 0. The first-order valence-corrected chi connectivity index (χ1v) is 6.12. The van der Waals surface area contributed by atoms with Crippen LogP contribution < -0.4 is 0 Å². The molecule has 0 aliphatic carbocycles. The van der Waals surface area contributed by atoms with Gasteiger partial charge in [-0.3, -0.25) is 0 Å². The minimum absolute atomic E-state index is 0.425. The van der Waals surface area contributed by atoms with Crippen LogP contribution in [0.15, 0.2) is 54.6 Å². The quantitative estimate of drug-likeness (QED) is 0.909. The van der Waals surface area contributed by atoms with E-state index in [1.807, 2.05) is 48.5 Å². The molecule has 2 unspecified atom stereocenters. The summed E-state index contributed by atoms with van der Waals surface area (Å²) in [5.41, 5.74) is 1.60. The van der Waals surface area contributed by atoms with Gasteiger partial charge in [-0.1, -0.05) is 60.1 Å². The zero-order chi connectivity index (χ0) is 13.0. The van der Waals surface area contributed by atoms with Crippen molar-refractivity contribution in [3.05, 3.63) is 70.7 Å². The van der Waals surface area contributed by atoms with Gasteiger partial charge in [-0.2, -0.15) is 0 Å². The molecule has 0 aliphatic rings. The predicted octanol–water partition coefficient (Wildman–Crippen LogP) is 3.76. The van der Waals surface area contributed by atoms with Crippen molar-refractivity contribution in [3.8, 4) is 0 Å². The smallest absolute Gasteiger partial charge is 0.112 e. The van der Waals surface area contributed by atoms with E-state index in [0.29, 0.717) is 10.6 Å². The zero-order valence-electron chi connectivity index (χ0n) is 10.1. The highest BCUT2D eigenvalue weighted by Crippen LogP contribution is 2.34. The third-order valence-electron chi connectivity index (χ3n) is 2.89. The van der Waals surface area contributed by atoms with Crippen molar-refractivity contribution in [1.29, 1.82) is 0 Å². The summed E-state index contributed by atoms with van der Waals surface area (Å²) in [7, 11) is 1.58. The molecule has 18 heavy (non-hydrogen) atoms. The number of aliphatic hydroxyl groups is 1. The normalized spacial score (nSPS) is 14.2. The van der Waals surface area contributed by atoms with Gasteiger partial charge >= 0.3 is 0 Å². The van der Waals surface area contributed by atoms with Crippen LogP contribution in [0.4, 0.5) is 0 Å². The van der Waals surface area contributed by atoms with Gasteiger partial charge in [-0.25, -0.2) is 0 Å². The van der Waals surface area contributed by atoms with Crippen molar-refractivity contribution in [1.82, 2.24) is 0 Å². The largest absolute Gasteiger partial charge is 0.385 e. The molecule has 1 N–H and O–H groups in total. The van der Waals surface area contributed by atoms with Crippen molar-refractivity contribution in [2.24, 2.45) is 0 Å². The second-order valence-electron chi connectivity index (χ2n) is 4.03. The van der Waals surface area contributed by atoms with Crippen LogP contribution in [0.2, 0.25) is 5.02 Å². The van der Waals surface area contributed by atoms with Crippen molar-refractivity contribution < 1.29 is 9.84 Å². The fourth-order valence-electron chi connectivity index (χ4n) is 1.97. The van der Waals surface area contributed by atoms with E-state index >= 15 is 0 Å². The van der Waals surface area contributed by atoms with Gasteiger partial charge in [0, 0.05) is 17.7 Å². The average Bonchev–Trinajstić information content (AvgIpc) is 2.41. The van der Waals surface area contributed by atoms with E-state index in [4.69, 9.17) is 16.3 Å². The van der Waals surface area contributed by atoms with Crippen molar-refractivity contribution in [2.75, 3.05) is 7.11 Å². The van der Waals surface area contributed by atoms with E-state index < -0.39 is 12.2 Å². The van der Waals surface area contributed by atoms with Gasteiger partial charge < -0.3 is 9.84 Å². The topological polar surface area (TPSA) is 29.5 Å². The molecule has 0 saturated carbocycles. The fraction of sp³-hybridized carbons (Fsp3) is 0.200. The number of benzene rings is 2. The molecule has 2 rings (SSSR count). The molecule has 2 aromatic rings. The van der Waals surface area contributed by atoms with Gasteiger partial charge in [0.25, 0.3) is 0 Å². The van der Waals surface area contributed by atoms with E-state index in [9.17, 15) is 5.11 Å². The molecule has 0 fully saturated rings. The molecular weight excluding hydrogens is 248 g/mol. The molecule has 0 radical (unpaired) electrons. The second kappa shape index (κ2) is 6.01. The number of halogens is 1. The molecule has 0 bridgehead atoms. The second-order valence-corrected chi connectivity index (χ2v) is 4.44. The highest BCUT2D eigenvalue weighted by molar-refractivity contribution is 6.31. The standard InChI is InChI=1S/C15H15ClO2/c1-18-15(11-7-3-2-4-8-11)14(17)12-9-5-6-10-13(12)16/h2-10,14-15,17H,1H3. The zero-order valence-corrected chi connectivity index (χ0v) is 10.8. The van der Waals surface area contributed by atoms with Gasteiger partial charge in [0.2, 0.25) is 0 Å². The van der Waals surface area contributed by atoms with Gasteiger partial charge in [0.15, 0.2) is 0 Å². The monoisotopic (exact) mass is 262 g/mol. The lowest BCUT2D eigenvalue weighted by molar-refractivity contribution is -0.0148. The Bertz CT molecular complexity index is 499. The maximum Gasteiger partial charge on any atom is 0.112 e. The van der Waals surface area contributed by atoms with Gasteiger partial charge in [0.05, 0.1) is 0 Å². The molecule has 0 amide bonds. The lowest BCUT2D eigenvalue weighted by Gasteiger charge is -2.23. The minimum atomic E-state index is -0.786. The van der Waals surface area contributed by atoms with Crippen LogP contribution in [-0.4, -0.2) is 12.2 Å². The number of aliphatic hydroxyl groups excluding tert-OH is 1. The van der Waals surface area contributed by atoms with E-state index in [1.54, 1.807) is 13.2 Å². The molecule has 0 spiro atoms. The first-order valence-electron chi connectivity index (χ1n) is 5.74. The maximum absolute atomic E-state index is 10.4. The lowest BCUT2D eigenvalue weighted by Crippen LogP contribution is -2.13. The summed E-state index contributed by atoms with van der Waals surface area (Å²) >= 11 is 6.09. The Kier molecular flexibility index (Phi) is 4.37. The van der Waals surface area contributed by atoms with Gasteiger partial charge in [-0.05, 0) is 11.6 Å².